The normalized spacial score (nSPS) is 14.6. The minimum absolute atomic E-state index is 0.414. The highest BCUT2D eigenvalue weighted by atomic mass is 15.2. The Hall–Kier alpha value is -0.860. The Morgan fingerprint density at radius 1 is 1.11 bits per heavy atom. The van der Waals surface area contributed by atoms with Crippen LogP contribution in [0, 0.1) is 6.92 Å². The summed E-state index contributed by atoms with van der Waals surface area (Å²) in [6.45, 7) is 11.1. The fourth-order valence-electron chi connectivity index (χ4n) is 2.45. The van der Waals surface area contributed by atoms with Crippen LogP contribution in [-0.2, 0) is 0 Å². The van der Waals surface area contributed by atoms with Crippen molar-refractivity contribution in [3.8, 4) is 0 Å². The molecule has 1 aromatic carbocycles. The van der Waals surface area contributed by atoms with Gasteiger partial charge in [-0.05, 0) is 52.4 Å². The molecule has 0 fully saturated rings. The average molecular weight is 262 g/mol. The molecule has 19 heavy (non-hydrogen) atoms. The molecule has 2 heteroatoms. The van der Waals surface area contributed by atoms with Gasteiger partial charge >= 0.3 is 0 Å². The van der Waals surface area contributed by atoms with Crippen molar-refractivity contribution in [3.05, 3.63) is 35.4 Å². The summed E-state index contributed by atoms with van der Waals surface area (Å²) in [4.78, 5) is 2.45. The van der Waals surface area contributed by atoms with Crippen LogP contribution in [0.15, 0.2) is 24.3 Å². The number of benzene rings is 1. The molecule has 0 spiro atoms. The van der Waals surface area contributed by atoms with E-state index in [1.807, 2.05) is 0 Å². The first-order chi connectivity index (χ1) is 9.10. The lowest BCUT2D eigenvalue weighted by Crippen LogP contribution is -2.41. The van der Waals surface area contributed by atoms with Crippen molar-refractivity contribution in [2.45, 2.75) is 52.6 Å². The number of hydrogen-bond acceptors (Lipinski definition) is 2. The van der Waals surface area contributed by atoms with Gasteiger partial charge in [-0.25, -0.2) is 0 Å². The zero-order valence-electron chi connectivity index (χ0n) is 13.2. The maximum atomic E-state index is 3.70. The molecule has 0 aliphatic heterocycles. The second kappa shape index (κ2) is 8.34. The van der Waals surface area contributed by atoms with Crippen LogP contribution < -0.4 is 5.32 Å². The molecule has 0 heterocycles. The molecule has 0 saturated heterocycles. The third-order valence-electron chi connectivity index (χ3n) is 3.80. The molecular formula is C17H30N2. The van der Waals surface area contributed by atoms with Gasteiger partial charge in [0.1, 0.15) is 0 Å². The highest BCUT2D eigenvalue weighted by molar-refractivity contribution is 5.25. The fraction of sp³-hybridized carbons (Fsp3) is 0.647. The van der Waals surface area contributed by atoms with Gasteiger partial charge in [0.25, 0.3) is 0 Å². The van der Waals surface area contributed by atoms with Gasteiger partial charge in [0, 0.05) is 12.1 Å². The molecule has 0 radical (unpaired) electrons. The van der Waals surface area contributed by atoms with Crippen molar-refractivity contribution in [3.63, 3.8) is 0 Å². The van der Waals surface area contributed by atoms with E-state index in [1.165, 1.54) is 24.0 Å². The van der Waals surface area contributed by atoms with E-state index in [0.717, 1.165) is 13.1 Å². The Morgan fingerprint density at radius 3 is 2.26 bits per heavy atom. The summed E-state index contributed by atoms with van der Waals surface area (Å²) in [7, 11) is 2.23. The molecule has 0 aliphatic rings. The summed E-state index contributed by atoms with van der Waals surface area (Å²) in [6.07, 6.45) is 2.38. The minimum Gasteiger partial charge on any atom is -0.309 e. The first kappa shape index (κ1) is 16.2. The van der Waals surface area contributed by atoms with Crippen molar-refractivity contribution in [2.24, 2.45) is 0 Å². The summed E-state index contributed by atoms with van der Waals surface area (Å²) < 4.78 is 0. The summed E-state index contributed by atoms with van der Waals surface area (Å²) >= 11 is 0. The molecular weight excluding hydrogens is 232 g/mol. The molecule has 0 amide bonds. The third kappa shape index (κ3) is 4.96. The van der Waals surface area contributed by atoms with Gasteiger partial charge in [-0.1, -0.05) is 43.7 Å². The Balaban J connectivity index is 2.83. The van der Waals surface area contributed by atoms with Gasteiger partial charge in [-0.2, -0.15) is 0 Å². The molecule has 0 aliphatic carbocycles. The molecule has 2 atom stereocenters. The maximum absolute atomic E-state index is 3.70. The van der Waals surface area contributed by atoms with Crippen LogP contribution in [-0.4, -0.2) is 31.1 Å². The lowest BCUT2D eigenvalue weighted by atomic mass is 9.98. The van der Waals surface area contributed by atoms with Crippen LogP contribution in [0.5, 0.6) is 0 Å². The third-order valence-corrected chi connectivity index (χ3v) is 3.80. The monoisotopic (exact) mass is 262 g/mol. The van der Waals surface area contributed by atoms with Gasteiger partial charge in [-0.15, -0.1) is 0 Å². The van der Waals surface area contributed by atoms with Gasteiger partial charge in [0.05, 0.1) is 0 Å². The van der Waals surface area contributed by atoms with Crippen LogP contribution in [0.1, 0.15) is 50.8 Å². The van der Waals surface area contributed by atoms with Crippen LogP contribution in [0.4, 0.5) is 0 Å². The molecule has 0 aromatic heterocycles. The molecule has 108 valence electrons. The summed E-state index contributed by atoms with van der Waals surface area (Å²) in [6, 6.07) is 9.87. The van der Waals surface area contributed by atoms with E-state index < -0.39 is 0 Å². The smallest absolute Gasteiger partial charge is 0.0475 e. The minimum atomic E-state index is 0.414. The first-order valence-corrected chi connectivity index (χ1v) is 7.60. The lowest BCUT2D eigenvalue weighted by Gasteiger charge is -2.33. The van der Waals surface area contributed by atoms with Crippen LogP contribution in [0.2, 0.25) is 0 Å². The van der Waals surface area contributed by atoms with E-state index in [0.29, 0.717) is 12.1 Å². The van der Waals surface area contributed by atoms with E-state index in [4.69, 9.17) is 0 Å². The van der Waals surface area contributed by atoms with Crippen LogP contribution >= 0.6 is 0 Å². The number of likely N-dealkylation sites (N-methyl/N-ethyl adjacent to an activating group) is 1. The summed E-state index contributed by atoms with van der Waals surface area (Å²) in [5.41, 5.74) is 2.72. The van der Waals surface area contributed by atoms with Crippen molar-refractivity contribution in [1.29, 1.82) is 0 Å². The van der Waals surface area contributed by atoms with E-state index >= 15 is 0 Å². The number of hydrogen-bond donors (Lipinski definition) is 1. The van der Waals surface area contributed by atoms with E-state index in [2.05, 4.69) is 69.2 Å². The summed E-state index contributed by atoms with van der Waals surface area (Å²) in [5.74, 6) is 0. The zero-order valence-corrected chi connectivity index (χ0v) is 13.2. The first-order valence-electron chi connectivity index (χ1n) is 7.60. The predicted molar refractivity (Wildman–Crippen MR) is 84.6 cm³/mol. The van der Waals surface area contributed by atoms with Gasteiger partial charge in [0.2, 0.25) is 0 Å². The quantitative estimate of drug-likeness (QED) is 0.767. The fourth-order valence-corrected chi connectivity index (χ4v) is 2.45. The average Bonchev–Trinajstić information content (AvgIpc) is 2.41. The maximum Gasteiger partial charge on any atom is 0.0475 e. The van der Waals surface area contributed by atoms with Gasteiger partial charge < -0.3 is 10.2 Å². The Morgan fingerprint density at radius 2 is 1.74 bits per heavy atom. The van der Waals surface area contributed by atoms with Crippen molar-refractivity contribution in [2.75, 3.05) is 20.1 Å². The number of nitrogens with zero attached hydrogens (tertiary/aromatic N) is 1. The molecule has 1 aromatic rings. The predicted octanol–water partition coefficient (Wildman–Crippen LogP) is 3.77. The Labute approximate surface area is 119 Å². The molecule has 2 nitrogen and oxygen atoms in total. The molecule has 1 N–H and O–H groups in total. The van der Waals surface area contributed by atoms with Crippen LogP contribution in [0.3, 0.4) is 0 Å². The van der Waals surface area contributed by atoms with Crippen molar-refractivity contribution in [1.82, 2.24) is 10.2 Å². The standard InChI is InChI=1S/C17H30N2/c1-6-12-18-17(15(4)19(5)13-7-2)16-10-8-14(3)9-11-16/h8-11,15,17-18H,6-7,12-13H2,1-5H3. The molecule has 2 unspecified atom stereocenters. The summed E-state index contributed by atoms with van der Waals surface area (Å²) in [5, 5.41) is 3.70. The lowest BCUT2D eigenvalue weighted by molar-refractivity contribution is 0.207. The molecule has 0 bridgehead atoms. The largest absolute Gasteiger partial charge is 0.309 e. The molecule has 1 rings (SSSR count). The Bertz CT molecular complexity index is 345. The van der Waals surface area contributed by atoms with Gasteiger partial charge in [0.15, 0.2) is 0 Å². The molecule has 0 saturated carbocycles. The second-order valence-corrected chi connectivity index (χ2v) is 5.56. The zero-order chi connectivity index (χ0) is 14.3. The number of aryl methyl sites for hydroxylation is 1. The second-order valence-electron chi connectivity index (χ2n) is 5.56. The highest BCUT2D eigenvalue weighted by Gasteiger charge is 2.21. The number of rotatable bonds is 8. The van der Waals surface area contributed by atoms with E-state index in [9.17, 15) is 0 Å². The van der Waals surface area contributed by atoms with Crippen LogP contribution in [0.25, 0.3) is 0 Å². The van der Waals surface area contributed by atoms with E-state index in [1.54, 1.807) is 0 Å². The SMILES string of the molecule is CCCNC(c1ccc(C)cc1)C(C)N(C)CCC. The number of nitrogens with one attached hydrogen (secondary N) is 1. The van der Waals surface area contributed by atoms with Gasteiger partial charge in [-0.3, -0.25) is 0 Å². The topological polar surface area (TPSA) is 15.3 Å². The van der Waals surface area contributed by atoms with Crippen molar-refractivity contribution >= 4 is 0 Å². The Kier molecular flexibility index (Phi) is 7.11. The van der Waals surface area contributed by atoms with Crippen molar-refractivity contribution < 1.29 is 0 Å². The van der Waals surface area contributed by atoms with E-state index in [-0.39, 0.29) is 0 Å². The highest BCUT2D eigenvalue weighted by Crippen LogP contribution is 2.21.